The molecule has 30 heavy (non-hydrogen) atoms. The van der Waals surface area contributed by atoms with Gasteiger partial charge >= 0.3 is 12.4 Å². The molecule has 2 heterocycles. The quantitative estimate of drug-likeness (QED) is 0.764. The van der Waals surface area contributed by atoms with E-state index in [0.717, 1.165) is 29.8 Å². The molecular formula is C18H19F3N4O4S. The van der Waals surface area contributed by atoms with Gasteiger partial charge in [0.1, 0.15) is 5.75 Å². The highest BCUT2D eigenvalue weighted by Crippen LogP contribution is 2.25. The first-order valence-corrected chi connectivity index (χ1v) is 10.4. The van der Waals surface area contributed by atoms with Crippen LogP contribution in [0.5, 0.6) is 5.75 Å². The normalized spacial score (nSPS) is 15.6. The second-order valence-electron chi connectivity index (χ2n) is 6.43. The SMILES string of the molecule is O=C(NCc1cccnc1)N1CCN(S(=O)(=O)c2ccc(OC(F)(F)F)cc2)CC1. The van der Waals surface area contributed by atoms with Crippen molar-refractivity contribution in [3.8, 4) is 5.75 Å². The van der Waals surface area contributed by atoms with Crippen molar-refractivity contribution >= 4 is 16.1 Å². The van der Waals surface area contributed by atoms with Gasteiger partial charge in [-0.15, -0.1) is 13.2 Å². The first-order valence-electron chi connectivity index (χ1n) is 8.93. The Labute approximate surface area is 171 Å². The summed E-state index contributed by atoms with van der Waals surface area (Å²) >= 11 is 0. The minimum absolute atomic E-state index is 0.0729. The summed E-state index contributed by atoms with van der Waals surface area (Å²) in [5.74, 6) is -0.503. The van der Waals surface area contributed by atoms with Gasteiger partial charge in [-0.2, -0.15) is 4.31 Å². The topological polar surface area (TPSA) is 91.8 Å². The molecule has 1 fully saturated rings. The van der Waals surface area contributed by atoms with Crippen molar-refractivity contribution in [2.24, 2.45) is 0 Å². The molecule has 0 unspecified atom stereocenters. The number of hydrogen-bond acceptors (Lipinski definition) is 5. The van der Waals surface area contributed by atoms with Gasteiger partial charge in [0.2, 0.25) is 10.0 Å². The van der Waals surface area contributed by atoms with Gasteiger partial charge in [0.25, 0.3) is 0 Å². The zero-order valence-corrected chi connectivity index (χ0v) is 16.5. The maximum atomic E-state index is 12.7. The van der Waals surface area contributed by atoms with E-state index in [1.807, 2.05) is 6.07 Å². The van der Waals surface area contributed by atoms with Crippen LogP contribution in [0.15, 0.2) is 53.7 Å². The van der Waals surface area contributed by atoms with Crippen LogP contribution in [0.3, 0.4) is 0 Å². The van der Waals surface area contributed by atoms with E-state index in [1.165, 1.54) is 9.21 Å². The average Bonchev–Trinajstić information content (AvgIpc) is 2.72. The number of urea groups is 1. The van der Waals surface area contributed by atoms with E-state index in [2.05, 4.69) is 15.0 Å². The number of ether oxygens (including phenoxy) is 1. The molecule has 1 N–H and O–H groups in total. The van der Waals surface area contributed by atoms with Gasteiger partial charge in [0.05, 0.1) is 4.90 Å². The molecule has 0 saturated carbocycles. The zero-order chi connectivity index (χ0) is 21.8. The number of piperazine rings is 1. The third-order valence-corrected chi connectivity index (χ3v) is 6.30. The van der Waals surface area contributed by atoms with Crippen LogP contribution in [0, 0.1) is 0 Å². The van der Waals surface area contributed by atoms with Crippen molar-refractivity contribution in [2.75, 3.05) is 26.2 Å². The molecule has 1 aromatic carbocycles. The molecule has 2 amide bonds. The maximum Gasteiger partial charge on any atom is 0.573 e. The monoisotopic (exact) mass is 444 g/mol. The summed E-state index contributed by atoms with van der Waals surface area (Å²) in [4.78, 5) is 17.6. The van der Waals surface area contributed by atoms with Crippen molar-refractivity contribution < 1.29 is 31.1 Å². The van der Waals surface area contributed by atoms with E-state index in [4.69, 9.17) is 0 Å². The van der Waals surface area contributed by atoms with E-state index in [0.29, 0.717) is 6.54 Å². The first kappa shape index (κ1) is 21.8. The molecule has 2 aromatic rings. The predicted octanol–water partition coefficient (Wildman–Crippen LogP) is 2.20. The van der Waals surface area contributed by atoms with Gasteiger partial charge in [-0.05, 0) is 35.9 Å². The third-order valence-electron chi connectivity index (χ3n) is 4.39. The molecule has 0 bridgehead atoms. The summed E-state index contributed by atoms with van der Waals surface area (Å²) in [7, 11) is -3.90. The molecule has 1 saturated heterocycles. The van der Waals surface area contributed by atoms with Gasteiger partial charge in [0, 0.05) is 45.1 Å². The van der Waals surface area contributed by atoms with E-state index >= 15 is 0 Å². The van der Waals surface area contributed by atoms with Crippen LogP contribution in [-0.2, 0) is 16.6 Å². The average molecular weight is 444 g/mol. The molecule has 1 aliphatic heterocycles. The molecule has 162 valence electrons. The number of alkyl halides is 3. The van der Waals surface area contributed by atoms with Crippen LogP contribution < -0.4 is 10.1 Å². The molecule has 8 nitrogen and oxygen atoms in total. The van der Waals surface area contributed by atoms with E-state index in [-0.39, 0.29) is 37.1 Å². The number of halogens is 3. The molecule has 0 atom stereocenters. The molecule has 3 rings (SSSR count). The molecule has 1 aromatic heterocycles. The molecule has 0 radical (unpaired) electrons. The van der Waals surface area contributed by atoms with Crippen LogP contribution >= 0.6 is 0 Å². The maximum absolute atomic E-state index is 12.7. The summed E-state index contributed by atoms with van der Waals surface area (Å²) in [6.45, 7) is 0.825. The highest BCUT2D eigenvalue weighted by atomic mass is 32.2. The number of rotatable bonds is 5. The second kappa shape index (κ2) is 8.88. The van der Waals surface area contributed by atoms with Crippen molar-refractivity contribution in [3.63, 3.8) is 0 Å². The Morgan fingerprint density at radius 2 is 1.77 bits per heavy atom. The lowest BCUT2D eigenvalue weighted by molar-refractivity contribution is -0.274. The van der Waals surface area contributed by atoms with E-state index in [1.54, 1.807) is 18.5 Å². The number of pyridine rings is 1. The number of carbonyl (C=O) groups is 1. The lowest BCUT2D eigenvalue weighted by Crippen LogP contribution is -2.52. The summed E-state index contributed by atoms with van der Waals surface area (Å²) in [5, 5.41) is 2.75. The molecule has 0 spiro atoms. The Balaban J connectivity index is 1.55. The molecular weight excluding hydrogens is 425 g/mol. The number of sulfonamides is 1. The second-order valence-corrected chi connectivity index (χ2v) is 8.37. The fourth-order valence-electron chi connectivity index (χ4n) is 2.89. The lowest BCUT2D eigenvalue weighted by atomic mass is 10.3. The summed E-state index contributed by atoms with van der Waals surface area (Å²) in [6, 6.07) is 7.28. The van der Waals surface area contributed by atoms with Gasteiger partial charge in [-0.3, -0.25) is 4.98 Å². The zero-order valence-electron chi connectivity index (χ0n) is 15.7. The minimum Gasteiger partial charge on any atom is -0.406 e. The fourth-order valence-corrected chi connectivity index (χ4v) is 4.31. The highest BCUT2D eigenvalue weighted by molar-refractivity contribution is 7.89. The van der Waals surface area contributed by atoms with Gasteiger partial charge in [-0.25, -0.2) is 13.2 Å². The van der Waals surface area contributed by atoms with Crippen LogP contribution in [0.1, 0.15) is 5.56 Å². The predicted molar refractivity (Wildman–Crippen MR) is 99.9 cm³/mol. The van der Waals surface area contributed by atoms with Crippen LogP contribution in [0.25, 0.3) is 0 Å². The Kier molecular flexibility index (Phi) is 6.46. The number of benzene rings is 1. The summed E-state index contributed by atoms with van der Waals surface area (Å²) in [5.41, 5.74) is 0.838. The van der Waals surface area contributed by atoms with Crippen LogP contribution in [0.2, 0.25) is 0 Å². The number of amides is 2. The number of aromatic nitrogens is 1. The number of carbonyl (C=O) groups excluding carboxylic acids is 1. The minimum atomic E-state index is -4.85. The molecule has 1 aliphatic rings. The smallest absolute Gasteiger partial charge is 0.406 e. The fraction of sp³-hybridized carbons (Fsp3) is 0.333. The Morgan fingerprint density at radius 3 is 2.33 bits per heavy atom. The lowest BCUT2D eigenvalue weighted by Gasteiger charge is -2.34. The molecule has 0 aliphatic carbocycles. The van der Waals surface area contributed by atoms with Crippen LogP contribution in [0.4, 0.5) is 18.0 Å². The van der Waals surface area contributed by atoms with Gasteiger partial charge in [0.15, 0.2) is 0 Å². The van der Waals surface area contributed by atoms with Crippen molar-refractivity contribution in [2.45, 2.75) is 17.8 Å². The van der Waals surface area contributed by atoms with Crippen molar-refractivity contribution in [1.29, 1.82) is 0 Å². The molecule has 12 heteroatoms. The summed E-state index contributed by atoms with van der Waals surface area (Å²) in [6.07, 6.45) is -1.59. The van der Waals surface area contributed by atoms with Gasteiger partial charge < -0.3 is 15.0 Å². The Hall–Kier alpha value is -2.86. The largest absolute Gasteiger partial charge is 0.573 e. The highest BCUT2D eigenvalue weighted by Gasteiger charge is 2.32. The number of nitrogens with zero attached hydrogens (tertiary/aromatic N) is 3. The number of nitrogens with one attached hydrogen (secondary N) is 1. The number of hydrogen-bond donors (Lipinski definition) is 1. The van der Waals surface area contributed by atoms with E-state index < -0.39 is 22.1 Å². The standard InChI is InChI=1S/C18H19F3N4O4S/c19-18(20,21)29-15-3-5-16(6-4-15)30(27,28)25-10-8-24(9-11-25)17(26)23-13-14-2-1-7-22-12-14/h1-7,12H,8-11,13H2,(H,23,26). The van der Waals surface area contributed by atoms with Crippen molar-refractivity contribution in [1.82, 2.24) is 19.5 Å². The van der Waals surface area contributed by atoms with E-state index in [9.17, 15) is 26.4 Å². The van der Waals surface area contributed by atoms with Gasteiger partial charge in [-0.1, -0.05) is 6.07 Å². The first-order chi connectivity index (χ1) is 14.1. The Bertz CT molecular complexity index is 961. The van der Waals surface area contributed by atoms with Crippen LogP contribution in [-0.4, -0.2) is 61.2 Å². The Morgan fingerprint density at radius 1 is 1.10 bits per heavy atom. The third kappa shape index (κ3) is 5.60. The van der Waals surface area contributed by atoms with Crippen molar-refractivity contribution in [3.05, 3.63) is 54.4 Å². The summed E-state index contributed by atoms with van der Waals surface area (Å²) < 4.78 is 67.0.